The summed E-state index contributed by atoms with van der Waals surface area (Å²) in [7, 11) is 0. The van der Waals surface area contributed by atoms with Crippen LogP contribution in [0.15, 0.2) is 36.7 Å². The first kappa shape index (κ1) is 11.2. The summed E-state index contributed by atoms with van der Waals surface area (Å²) >= 11 is 0. The van der Waals surface area contributed by atoms with Crippen molar-refractivity contribution in [1.82, 2.24) is 9.78 Å². The molecule has 0 saturated heterocycles. The summed E-state index contributed by atoms with van der Waals surface area (Å²) in [5.41, 5.74) is 2.00. The summed E-state index contributed by atoms with van der Waals surface area (Å²) in [4.78, 5) is 10.7. The predicted molar refractivity (Wildman–Crippen MR) is 64.6 cm³/mol. The van der Waals surface area contributed by atoms with Crippen LogP contribution in [-0.4, -0.2) is 20.9 Å². The SMILES string of the molecule is CCn1cc(Nc2ccc(C(=O)O)cc2)cn1. The fourth-order valence-corrected chi connectivity index (χ4v) is 1.46. The average molecular weight is 231 g/mol. The van der Waals surface area contributed by atoms with E-state index in [0.717, 1.165) is 17.9 Å². The molecule has 5 heteroatoms. The van der Waals surface area contributed by atoms with Crippen molar-refractivity contribution in [3.63, 3.8) is 0 Å². The van der Waals surface area contributed by atoms with Crippen LogP contribution in [-0.2, 0) is 6.54 Å². The van der Waals surface area contributed by atoms with Gasteiger partial charge in [0, 0.05) is 18.4 Å². The summed E-state index contributed by atoms with van der Waals surface area (Å²) in [6, 6.07) is 6.59. The predicted octanol–water partition coefficient (Wildman–Crippen LogP) is 2.34. The van der Waals surface area contributed by atoms with E-state index < -0.39 is 5.97 Å². The van der Waals surface area contributed by atoms with Gasteiger partial charge in [-0.15, -0.1) is 0 Å². The molecule has 1 aromatic carbocycles. The second-order valence-electron chi connectivity index (χ2n) is 3.59. The highest BCUT2D eigenvalue weighted by Gasteiger charge is 2.02. The molecule has 2 rings (SSSR count). The van der Waals surface area contributed by atoms with E-state index in [1.807, 2.05) is 17.8 Å². The molecule has 2 aromatic rings. The fraction of sp³-hybridized carbons (Fsp3) is 0.167. The molecule has 17 heavy (non-hydrogen) atoms. The van der Waals surface area contributed by atoms with Gasteiger partial charge >= 0.3 is 5.97 Å². The van der Waals surface area contributed by atoms with E-state index in [2.05, 4.69) is 10.4 Å². The molecule has 0 aliphatic carbocycles. The van der Waals surface area contributed by atoms with Crippen molar-refractivity contribution in [3.05, 3.63) is 42.2 Å². The molecule has 0 amide bonds. The Morgan fingerprint density at radius 1 is 1.35 bits per heavy atom. The molecule has 0 unspecified atom stereocenters. The molecular formula is C12H13N3O2. The van der Waals surface area contributed by atoms with Crippen molar-refractivity contribution in [2.75, 3.05) is 5.32 Å². The number of nitrogens with zero attached hydrogens (tertiary/aromatic N) is 2. The molecular weight excluding hydrogens is 218 g/mol. The van der Waals surface area contributed by atoms with Crippen LogP contribution in [0.3, 0.4) is 0 Å². The minimum atomic E-state index is -0.921. The molecule has 0 bridgehead atoms. The third kappa shape index (κ3) is 2.63. The van der Waals surface area contributed by atoms with Crippen molar-refractivity contribution < 1.29 is 9.90 Å². The zero-order valence-electron chi connectivity index (χ0n) is 9.42. The number of carbonyl (C=O) groups is 1. The van der Waals surface area contributed by atoms with Crippen molar-refractivity contribution >= 4 is 17.3 Å². The van der Waals surface area contributed by atoms with E-state index in [9.17, 15) is 4.79 Å². The highest BCUT2D eigenvalue weighted by atomic mass is 16.4. The van der Waals surface area contributed by atoms with Crippen molar-refractivity contribution in [1.29, 1.82) is 0 Å². The number of benzene rings is 1. The van der Waals surface area contributed by atoms with E-state index >= 15 is 0 Å². The molecule has 0 spiro atoms. The van der Waals surface area contributed by atoms with Gasteiger partial charge in [0.25, 0.3) is 0 Å². The number of aryl methyl sites for hydroxylation is 1. The number of hydrogen-bond donors (Lipinski definition) is 2. The number of aromatic carboxylic acids is 1. The number of rotatable bonds is 4. The topological polar surface area (TPSA) is 67.2 Å². The number of hydrogen-bond acceptors (Lipinski definition) is 3. The maximum absolute atomic E-state index is 10.7. The Morgan fingerprint density at radius 2 is 2.06 bits per heavy atom. The molecule has 0 fully saturated rings. The third-order valence-corrected chi connectivity index (χ3v) is 2.38. The van der Waals surface area contributed by atoms with Crippen LogP contribution in [0, 0.1) is 0 Å². The number of carboxylic acids is 1. The zero-order chi connectivity index (χ0) is 12.3. The van der Waals surface area contributed by atoms with Crippen LogP contribution in [0.5, 0.6) is 0 Å². The Kier molecular flexibility index (Phi) is 3.09. The van der Waals surface area contributed by atoms with E-state index in [1.165, 1.54) is 0 Å². The van der Waals surface area contributed by atoms with E-state index in [0.29, 0.717) is 0 Å². The Hall–Kier alpha value is -2.30. The number of nitrogens with one attached hydrogen (secondary N) is 1. The first-order valence-electron chi connectivity index (χ1n) is 5.32. The van der Waals surface area contributed by atoms with Crippen LogP contribution in [0.2, 0.25) is 0 Å². The standard InChI is InChI=1S/C12H13N3O2/c1-2-15-8-11(7-13-15)14-10-5-3-9(4-6-10)12(16)17/h3-8,14H,2H2,1H3,(H,16,17). The summed E-state index contributed by atoms with van der Waals surface area (Å²) < 4.78 is 1.81. The lowest BCUT2D eigenvalue weighted by Crippen LogP contribution is -1.96. The Morgan fingerprint density at radius 3 is 2.59 bits per heavy atom. The lowest BCUT2D eigenvalue weighted by Gasteiger charge is -2.03. The first-order valence-corrected chi connectivity index (χ1v) is 5.32. The van der Waals surface area contributed by atoms with Crippen molar-refractivity contribution in [3.8, 4) is 0 Å². The largest absolute Gasteiger partial charge is 0.478 e. The number of anilines is 2. The highest BCUT2D eigenvalue weighted by Crippen LogP contribution is 2.16. The second-order valence-corrected chi connectivity index (χ2v) is 3.59. The van der Waals surface area contributed by atoms with Gasteiger partial charge in [0.15, 0.2) is 0 Å². The smallest absolute Gasteiger partial charge is 0.335 e. The van der Waals surface area contributed by atoms with Gasteiger partial charge in [-0.2, -0.15) is 5.10 Å². The fourth-order valence-electron chi connectivity index (χ4n) is 1.46. The van der Waals surface area contributed by atoms with Gasteiger partial charge in [-0.1, -0.05) is 0 Å². The Labute approximate surface area is 98.7 Å². The van der Waals surface area contributed by atoms with Crippen molar-refractivity contribution in [2.24, 2.45) is 0 Å². The van der Waals surface area contributed by atoms with E-state index in [4.69, 9.17) is 5.11 Å². The molecule has 1 heterocycles. The van der Waals surface area contributed by atoms with Gasteiger partial charge < -0.3 is 10.4 Å². The van der Waals surface area contributed by atoms with Gasteiger partial charge in [-0.05, 0) is 31.2 Å². The minimum Gasteiger partial charge on any atom is -0.478 e. The first-order chi connectivity index (χ1) is 8.19. The molecule has 2 N–H and O–H groups in total. The quantitative estimate of drug-likeness (QED) is 0.847. The molecule has 1 aromatic heterocycles. The van der Waals surface area contributed by atoms with Crippen LogP contribution in [0.4, 0.5) is 11.4 Å². The van der Waals surface area contributed by atoms with Gasteiger partial charge in [0.2, 0.25) is 0 Å². The average Bonchev–Trinajstić information content (AvgIpc) is 2.77. The summed E-state index contributed by atoms with van der Waals surface area (Å²) in [6.45, 7) is 2.83. The van der Waals surface area contributed by atoms with Gasteiger partial charge in [0.1, 0.15) is 0 Å². The molecule has 88 valence electrons. The van der Waals surface area contributed by atoms with E-state index in [1.54, 1.807) is 30.5 Å². The summed E-state index contributed by atoms with van der Waals surface area (Å²) in [5, 5.41) is 16.1. The van der Waals surface area contributed by atoms with Crippen LogP contribution in [0.1, 0.15) is 17.3 Å². The molecule has 5 nitrogen and oxygen atoms in total. The van der Waals surface area contributed by atoms with Crippen LogP contribution < -0.4 is 5.32 Å². The van der Waals surface area contributed by atoms with Crippen LogP contribution >= 0.6 is 0 Å². The third-order valence-electron chi connectivity index (χ3n) is 2.38. The van der Waals surface area contributed by atoms with Gasteiger partial charge in [-0.3, -0.25) is 4.68 Å². The Balaban J connectivity index is 2.10. The molecule has 0 aliphatic rings. The minimum absolute atomic E-state index is 0.278. The lowest BCUT2D eigenvalue weighted by molar-refractivity contribution is 0.0697. The van der Waals surface area contributed by atoms with E-state index in [-0.39, 0.29) is 5.56 Å². The maximum atomic E-state index is 10.7. The number of carboxylic acid groups (broad SMARTS) is 1. The zero-order valence-corrected chi connectivity index (χ0v) is 9.42. The maximum Gasteiger partial charge on any atom is 0.335 e. The molecule has 0 radical (unpaired) electrons. The summed E-state index contributed by atoms with van der Waals surface area (Å²) in [5.74, 6) is -0.921. The monoisotopic (exact) mass is 231 g/mol. The Bertz CT molecular complexity index is 517. The second kappa shape index (κ2) is 4.69. The van der Waals surface area contributed by atoms with Gasteiger partial charge in [-0.25, -0.2) is 4.79 Å². The van der Waals surface area contributed by atoms with Crippen LogP contribution in [0.25, 0.3) is 0 Å². The lowest BCUT2D eigenvalue weighted by atomic mass is 10.2. The van der Waals surface area contributed by atoms with Gasteiger partial charge in [0.05, 0.1) is 17.4 Å². The highest BCUT2D eigenvalue weighted by molar-refractivity contribution is 5.88. The molecule has 0 saturated carbocycles. The summed E-state index contributed by atoms with van der Waals surface area (Å²) in [6.07, 6.45) is 3.62. The molecule has 0 aliphatic heterocycles. The van der Waals surface area contributed by atoms with Crippen molar-refractivity contribution in [2.45, 2.75) is 13.5 Å². The molecule has 0 atom stereocenters. The normalized spacial score (nSPS) is 10.2. The number of aromatic nitrogens is 2.